The summed E-state index contributed by atoms with van der Waals surface area (Å²) < 4.78 is 1.86. The molecule has 0 aromatic rings. The maximum absolute atomic E-state index is 7.29. The van der Waals surface area contributed by atoms with Crippen molar-refractivity contribution in [3.05, 3.63) is 10.2 Å². The Morgan fingerprint density at radius 2 is 2.20 bits per heavy atom. The lowest BCUT2D eigenvalue weighted by Gasteiger charge is -1.97. The van der Waals surface area contributed by atoms with E-state index < -0.39 is 0 Å². The molecule has 0 aliphatic rings. The Morgan fingerprint density at radius 3 is 2.60 bits per heavy atom. The van der Waals surface area contributed by atoms with Gasteiger partial charge < -0.3 is 0 Å². The van der Waals surface area contributed by atoms with Crippen LogP contribution >= 0.6 is 22.6 Å². The molecule has 0 amide bonds. The lowest BCUT2D eigenvalue weighted by Crippen LogP contribution is -2.01. The molecule has 0 rings (SSSR count). The fourth-order valence-electron chi connectivity index (χ4n) is 0.305. The third-order valence-electron chi connectivity index (χ3n) is 0.919. The van der Waals surface area contributed by atoms with Gasteiger partial charge in [-0.15, -0.1) is 0 Å². The number of amidine groups is 1. The van der Waals surface area contributed by atoms with Gasteiger partial charge in [0.05, 0.1) is 0 Å². The summed E-state index contributed by atoms with van der Waals surface area (Å²) in [5, 5.41) is 7.29. The molecule has 0 aromatic heterocycles. The van der Waals surface area contributed by atoms with E-state index in [9.17, 15) is 0 Å². The number of rotatable bonds is 2. The van der Waals surface area contributed by atoms with Gasteiger partial charge in [-0.25, -0.2) is 4.99 Å². The highest BCUT2D eigenvalue weighted by atomic mass is 127. The van der Waals surface area contributed by atoms with Crippen molar-refractivity contribution in [3.8, 4) is 0 Å². The molecule has 56 valence electrons. The Morgan fingerprint density at radius 1 is 1.60 bits per heavy atom. The van der Waals surface area contributed by atoms with Crippen LogP contribution in [0.25, 0.3) is 0 Å². The highest BCUT2D eigenvalue weighted by Gasteiger charge is 1.96. The topological polar surface area (TPSA) is 36.2 Å². The molecule has 0 atom stereocenters. The van der Waals surface area contributed by atoms with Gasteiger partial charge in [-0.2, -0.15) is 0 Å². The molecule has 0 heterocycles. The second-order valence-electron chi connectivity index (χ2n) is 2.14. The minimum atomic E-state index is 0.221. The van der Waals surface area contributed by atoms with Gasteiger partial charge >= 0.3 is 0 Å². The molecule has 0 saturated heterocycles. The third kappa shape index (κ3) is 4.67. The van der Waals surface area contributed by atoms with E-state index in [0.717, 1.165) is 0 Å². The zero-order valence-electron chi connectivity index (χ0n) is 6.13. The summed E-state index contributed by atoms with van der Waals surface area (Å²) in [6.45, 7) is 3.90. The van der Waals surface area contributed by atoms with Crippen molar-refractivity contribution in [1.82, 2.24) is 0 Å². The molecule has 2 nitrogen and oxygen atoms in total. The van der Waals surface area contributed by atoms with Gasteiger partial charge in [0.25, 0.3) is 0 Å². The van der Waals surface area contributed by atoms with E-state index in [1.54, 1.807) is 12.3 Å². The lowest BCUT2D eigenvalue weighted by molar-refractivity contribution is 0.866. The van der Waals surface area contributed by atoms with E-state index in [0.29, 0.717) is 5.84 Å². The molecular weight excluding hydrogens is 239 g/mol. The van der Waals surface area contributed by atoms with E-state index in [4.69, 9.17) is 5.41 Å². The zero-order valence-corrected chi connectivity index (χ0v) is 8.29. The van der Waals surface area contributed by atoms with Crippen molar-refractivity contribution in [2.75, 3.05) is 0 Å². The van der Waals surface area contributed by atoms with Crippen LogP contribution < -0.4 is 0 Å². The summed E-state index contributed by atoms with van der Waals surface area (Å²) in [5.41, 5.74) is 0. The SMILES string of the molecule is CC(C)C(=N)N=C/C=C\I. The standard InChI is InChI=1S/C7H11IN2/c1-6(2)7(9)10-5-3-4-8/h3-6,9H,1-2H3/b4-3-,9-7?,10-5?. The van der Waals surface area contributed by atoms with Crippen LogP contribution in [0, 0.1) is 11.3 Å². The predicted molar refractivity (Wildman–Crippen MR) is 54.2 cm³/mol. The summed E-state index contributed by atoms with van der Waals surface area (Å²) in [5.74, 6) is 0.647. The van der Waals surface area contributed by atoms with E-state index in [-0.39, 0.29) is 5.92 Å². The first-order chi connectivity index (χ1) is 4.68. The van der Waals surface area contributed by atoms with Gasteiger partial charge in [-0.05, 0) is 10.2 Å². The Bertz CT molecular complexity index is 159. The molecular formula is C7H11IN2. The monoisotopic (exact) mass is 250 g/mol. The van der Waals surface area contributed by atoms with Gasteiger partial charge in [0.15, 0.2) is 0 Å². The maximum atomic E-state index is 7.29. The number of hydrogen-bond acceptors (Lipinski definition) is 1. The minimum Gasteiger partial charge on any atom is -0.286 e. The first kappa shape index (κ1) is 9.81. The summed E-state index contributed by atoms with van der Waals surface area (Å²) in [7, 11) is 0. The molecule has 0 aromatic carbocycles. The number of hydrogen-bond donors (Lipinski definition) is 1. The van der Waals surface area contributed by atoms with Gasteiger partial charge in [-0.1, -0.05) is 36.4 Å². The van der Waals surface area contributed by atoms with Gasteiger partial charge in [0, 0.05) is 12.1 Å². The first-order valence-electron chi connectivity index (χ1n) is 3.06. The van der Waals surface area contributed by atoms with Crippen molar-refractivity contribution >= 4 is 34.6 Å². The highest BCUT2D eigenvalue weighted by Crippen LogP contribution is 1.94. The average molecular weight is 250 g/mol. The molecule has 0 aliphatic heterocycles. The van der Waals surface area contributed by atoms with Crippen LogP contribution in [0.15, 0.2) is 15.2 Å². The molecule has 0 spiro atoms. The van der Waals surface area contributed by atoms with Crippen LogP contribution in [0.4, 0.5) is 0 Å². The minimum absolute atomic E-state index is 0.221. The molecule has 0 radical (unpaired) electrons. The Balaban J connectivity index is 3.78. The van der Waals surface area contributed by atoms with Crippen LogP contribution in [-0.4, -0.2) is 12.1 Å². The fourth-order valence-corrected chi connectivity index (χ4v) is 0.491. The Labute approximate surface area is 75.1 Å². The smallest absolute Gasteiger partial charge is 0.122 e. The predicted octanol–water partition coefficient (Wildman–Crippen LogP) is 2.64. The van der Waals surface area contributed by atoms with Gasteiger partial charge in [0.1, 0.15) is 5.84 Å². The number of aliphatic imine (C=N–C) groups is 1. The Hall–Kier alpha value is -0.190. The molecule has 0 unspecified atom stereocenters. The summed E-state index contributed by atoms with van der Waals surface area (Å²) in [6.07, 6.45) is 3.44. The second-order valence-corrected chi connectivity index (χ2v) is 2.86. The van der Waals surface area contributed by atoms with E-state index >= 15 is 0 Å². The average Bonchev–Trinajstić information content (AvgIpc) is 1.88. The number of nitrogens with zero attached hydrogens (tertiary/aromatic N) is 1. The quantitative estimate of drug-likeness (QED) is 0.444. The second kappa shape index (κ2) is 5.58. The highest BCUT2D eigenvalue weighted by molar-refractivity contribution is 14.1. The van der Waals surface area contributed by atoms with Crippen molar-refractivity contribution in [2.24, 2.45) is 10.9 Å². The number of halogens is 1. The lowest BCUT2D eigenvalue weighted by atomic mass is 10.2. The van der Waals surface area contributed by atoms with Crippen LogP contribution in [-0.2, 0) is 0 Å². The van der Waals surface area contributed by atoms with Gasteiger partial charge in [-0.3, -0.25) is 5.41 Å². The molecule has 0 saturated carbocycles. The number of allylic oxidation sites excluding steroid dienone is 1. The molecule has 3 heteroatoms. The molecule has 0 aliphatic carbocycles. The maximum Gasteiger partial charge on any atom is 0.122 e. The van der Waals surface area contributed by atoms with Crippen molar-refractivity contribution < 1.29 is 0 Å². The van der Waals surface area contributed by atoms with Crippen molar-refractivity contribution in [1.29, 1.82) is 5.41 Å². The molecule has 0 bridgehead atoms. The summed E-state index contributed by atoms with van der Waals surface area (Å²) >= 11 is 2.11. The number of nitrogens with one attached hydrogen (secondary N) is 1. The molecule has 1 N–H and O–H groups in total. The largest absolute Gasteiger partial charge is 0.286 e. The first-order valence-corrected chi connectivity index (χ1v) is 4.31. The van der Waals surface area contributed by atoms with Crippen molar-refractivity contribution in [2.45, 2.75) is 13.8 Å². The zero-order chi connectivity index (χ0) is 7.98. The van der Waals surface area contributed by atoms with Crippen LogP contribution in [0.5, 0.6) is 0 Å². The van der Waals surface area contributed by atoms with Crippen molar-refractivity contribution in [3.63, 3.8) is 0 Å². The summed E-state index contributed by atoms with van der Waals surface area (Å²) in [6, 6.07) is 0. The fraction of sp³-hybridized carbons (Fsp3) is 0.429. The van der Waals surface area contributed by atoms with E-state index in [1.807, 2.05) is 17.9 Å². The van der Waals surface area contributed by atoms with Crippen LogP contribution in [0.3, 0.4) is 0 Å². The van der Waals surface area contributed by atoms with Crippen LogP contribution in [0.1, 0.15) is 13.8 Å². The summed E-state index contributed by atoms with van der Waals surface area (Å²) in [4.78, 5) is 3.88. The Kier molecular flexibility index (Phi) is 5.48. The normalized spacial score (nSPS) is 12.0. The van der Waals surface area contributed by atoms with Gasteiger partial charge in [0.2, 0.25) is 0 Å². The molecule has 10 heavy (non-hydrogen) atoms. The van der Waals surface area contributed by atoms with E-state index in [2.05, 4.69) is 27.6 Å². The van der Waals surface area contributed by atoms with Crippen LogP contribution in [0.2, 0.25) is 0 Å². The third-order valence-corrected chi connectivity index (χ3v) is 1.33. The molecule has 0 fully saturated rings. The van der Waals surface area contributed by atoms with E-state index in [1.165, 1.54) is 0 Å².